The average Bonchev–Trinajstić information content (AvgIpc) is 2.93. The van der Waals surface area contributed by atoms with Crippen molar-refractivity contribution in [3.63, 3.8) is 0 Å². The van der Waals surface area contributed by atoms with Crippen LogP contribution in [0.15, 0.2) is 103 Å². The van der Waals surface area contributed by atoms with Gasteiger partial charge in [0.2, 0.25) is 0 Å². The molecule has 0 spiro atoms. The van der Waals surface area contributed by atoms with E-state index in [-0.39, 0.29) is 5.78 Å². The SMILES string of the molecule is CC(C)CCNc1ccc(C(=O)c2ccccc2)c2c1OCC(c1ccccc1)(c1ccccc1)N2. The Morgan fingerprint density at radius 3 is 2.03 bits per heavy atom. The van der Waals surface area contributed by atoms with Gasteiger partial charge in [-0.15, -0.1) is 0 Å². The van der Waals surface area contributed by atoms with Crippen molar-refractivity contribution in [3.05, 3.63) is 125 Å². The molecule has 0 radical (unpaired) electrons. The summed E-state index contributed by atoms with van der Waals surface area (Å²) in [5, 5.41) is 7.36. The average molecular weight is 477 g/mol. The predicted octanol–water partition coefficient (Wildman–Crippen LogP) is 7.12. The number of fused-ring (bicyclic) bond motifs is 1. The Balaban J connectivity index is 1.64. The predicted molar refractivity (Wildman–Crippen MR) is 147 cm³/mol. The van der Waals surface area contributed by atoms with Crippen molar-refractivity contribution < 1.29 is 9.53 Å². The monoisotopic (exact) mass is 476 g/mol. The van der Waals surface area contributed by atoms with Crippen LogP contribution in [0.25, 0.3) is 0 Å². The Labute approximate surface area is 213 Å². The minimum Gasteiger partial charge on any atom is -0.486 e. The highest BCUT2D eigenvalue weighted by Gasteiger charge is 2.41. The molecule has 0 aliphatic carbocycles. The third-order valence-electron chi connectivity index (χ3n) is 6.78. The highest BCUT2D eigenvalue weighted by Crippen LogP contribution is 2.47. The van der Waals surface area contributed by atoms with Gasteiger partial charge < -0.3 is 15.4 Å². The van der Waals surface area contributed by atoms with Gasteiger partial charge in [-0.25, -0.2) is 0 Å². The number of rotatable bonds is 8. The summed E-state index contributed by atoms with van der Waals surface area (Å²) in [6, 6.07) is 33.9. The second kappa shape index (κ2) is 10.3. The van der Waals surface area contributed by atoms with Crippen molar-refractivity contribution in [2.75, 3.05) is 23.8 Å². The van der Waals surface area contributed by atoms with E-state index in [1.165, 1.54) is 0 Å². The molecule has 0 unspecified atom stereocenters. The van der Waals surface area contributed by atoms with Crippen LogP contribution in [-0.4, -0.2) is 18.9 Å². The van der Waals surface area contributed by atoms with E-state index >= 15 is 0 Å². The molecule has 1 aliphatic heterocycles. The summed E-state index contributed by atoms with van der Waals surface area (Å²) in [7, 11) is 0. The number of hydrogen-bond donors (Lipinski definition) is 2. The van der Waals surface area contributed by atoms with Crippen LogP contribution < -0.4 is 15.4 Å². The largest absolute Gasteiger partial charge is 0.486 e. The second-order valence-electron chi connectivity index (χ2n) is 9.72. The Kier molecular flexibility index (Phi) is 6.77. The maximum atomic E-state index is 13.7. The van der Waals surface area contributed by atoms with Crippen LogP contribution >= 0.6 is 0 Å². The van der Waals surface area contributed by atoms with E-state index in [0.29, 0.717) is 29.4 Å². The van der Waals surface area contributed by atoms with Crippen LogP contribution in [0, 0.1) is 5.92 Å². The fourth-order valence-corrected chi connectivity index (χ4v) is 4.78. The van der Waals surface area contributed by atoms with Crippen molar-refractivity contribution in [1.29, 1.82) is 0 Å². The maximum absolute atomic E-state index is 13.7. The molecule has 36 heavy (non-hydrogen) atoms. The first-order valence-electron chi connectivity index (χ1n) is 12.6. The standard InChI is InChI=1S/C32H32N2O2/c1-23(2)20-21-33-28-19-18-27(30(35)24-12-6-3-7-13-24)29-31(28)36-22-32(34-29,25-14-8-4-9-15-25)26-16-10-5-11-17-26/h3-19,23,33-34H,20-22H2,1-2H3. The molecule has 0 bridgehead atoms. The van der Waals surface area contributed by atoms with Gasteiger partial charge in [-0.3, -0.25) is 4.79 Å². The van der Waals surface area contributed by atoms with Crippen LogP contribution in [0.2, 0.25) is 0 Å². The van der Waals surface area contributed by atoms with E-state index in [2.05, 4.69) is 48.7 Å². The van der Waals surface area contributed by atoms with Gasteiger partial charge in [-0.2, -0.15) is 0 Å². The summed E-state index contributed by atoms with van der Waals surface area (Å²) in [5.41, 5.74) is 4.39. The third-order valence-corrected chi connectivity index (χ3v) is 6.78. The number of anilines is 2. The van der Waals surface area contributed by atoms with E-state index in [0.717, 1.165) is 35.5 Å². The number of nitrogens with one attached hydrogen (secondary N) is 2. The summed E-state index contributed by atoms with van der Waals surface area (Å²) in [6.45, 7) is 5.66. The molecule has 4 nitrogen and oxygen atoms in total. The summed E-state index contributed by atoms with van der Waals surface area (Å²) in [4.78, 5) is 13.7. The van der Waals surface area contributed by atoms with Crippen molar-refractivity contribution in [1.82, 2.24) is 0 Å². The van der Waals surface area contributed by atoms with Crippen molar-refractivity contribution in [2.24, 2.45) is 5.92 Å². The fraction of sp³-hybridized carbons (Fsp3) is 0.219. The normalized spacial score (nSPS) is 13.9. The first-order valence-corrected chi connectivity index (χ1v) is 12.6. The summed E-state index contributed by atoms with van der Waals surface area (Å²) in [5.74, 6) is 1.26. The first kappa shape index (κ1) is 23.7. The number of ketones is 1. The van der Waals surface area contributed by atoms with Crippen molar-refractivity contribution >= 4 is 17.2 Å². The van der Waals surface area contributed by atoms with Crippen molar-refractivity contribution in [2.45, 2.75) is 25.8 Å². The number of benzene rings is 4. The van der Waals surface area contributed by atoms with Gasteiger partial charge in [0.25, 0.3) is 0 Å². The minimum absolute atomic E-state index is 0.0337. The smallest absolute Gasteiger partial charge is 0.195 e. The molecular weight excluding hydrogens is 444 g/mol. The third kappa shape index (κ3) is 4.59. The molecule has 2 N–H and O–H groups in total. The molecular formula is C32H32N2O2. The molecule has 0 atom stereocenters. The Bertz CT molecular complexity index is 1280. The molecule has 4 aromatic rings. The molecule has 0 aromatic heterocycles. The highest BCUT2D eigenvalue weighted by molar-refractivity contribution is 6.14. The molecule has 5 rings (SSSR count). The lowest BCUT2D eigenvalue weighted by atomic mass is 9.81. The van der Waals surface area contributed by atoms with Gasteiger partial charge in [0, 0.05) is 17.7 Å². The molecule has 0 fully saturated rings. The quantitative estimate of drug-likeness (QED) is 0.266. The second-order valence-corrected chi connectivity index (χ2v) is 9.72. The zero-order valence-corrected chi connectivity index (χ0v) is 20.8. The van der Waals surface area contributed by atoms with Crippen LogP contribution in [0.3, 0.4) is 0 Å². The molecule has 1 aliphatic rings. The maximum Gasteiger partial charge on any atom is 0.195 e. The number of hydrogen-bond acceptors (Lipinski definition) is 4. The first-order chi connectivity index (χ1) is 17.6. The zero-order chi connectivity index (χ0) is 25.0. The van der Waals surface area contributed by atoms with Crippen LogP contribution in [-0.2, 0) is 5.54 Å². The van der Waals surface area contributed by atoms with Crippen LogP contribution in [0.1, 0.15) is 47.3 Å². The molecule has 0 amide bonds. The Morgan fingerprint density at radius 2 is 1.44 bits per heavy atom. The van der Waals surface area contributed by atoms with Gasteiger partial charge in [0.05, 0.1) is 11.4 Å². The molecule has 4 aromatic carbocycles. The van der Waals surface area contributed by atoms with E-state index in [1.807, 2.05) is 78.9 Å². The topological polar surface area (TPSA) is 50.4 Å². The number of ether oxygens (including phenoxy) is 1. The number of carbonyl (C=O) groups is 1. The van der Waals surface area contributed by atoms with Gasteiger partial charge in [0.15, 0.2) is 11.5 Å². The Morgan fingerprint density at radius 1 is 0.861 bits per heavy atom. The van der Waals surface area contributed by atoms with E-state index in [9.17, 15) is 4.79 Å². The van der Waals surface area contributed by atoms with Gasteiger partial charge >= 0.3 is 0 Å². The van der Waals surface area contributed by atoms with Crippen LogP contribution in [0.5, 0.6) is 5.75 Å². The van der Waals surface area contributed by atoms with Crippen LogP contribution in [0.4, 0.5) is 11.4 Å². The summed E-state index contributed by atoms with van der Waals surface area (Å²) < 4.78 is 6.59. The van der Waals surface area contributed by atoms with Gasteiger partial charge in [0.1, 0.15) is 12.1 Å². The Hall–Kier alpha value is -4.05. The molecule has 182 valence electrons. The number of carbonyl (C=O) groups excluding carboxylic acids is 1. The molecule has 0 saturated heterocycles. The lowest BCUT2D eigenvalue weighted by molar-refractivity contribution is 0.103. The van der Waals surface area contributed by atoms with Gasteiger partial charge in [-0.1, -0.05) is 105 Å². The molecule has 4 heteroatoms. The zero-order valence-electron chi connectivity index (χ0n) is 20.8. The summed E-state index contributed by atoms with van der Waals surface area (Å²) in [6.07, 6.45) is 1.05. The van der Waals surface area contributed by atoms with E-state index in [4.69, 9.17) is 4.74 Å². The fourth-order valence-electron chi connectivity index (χ4n) is 4.78. The van der Waals surface area contributed by atoms with E-state index in [1.54, 1.807) is 0 Å². The lowest BCUT2D eigenvalue weighted by Gasteiger charge is -2.42. The molecule has 0 saturated carbocycles. The van der Waals surface area contributed by atoms with E-state index < -0.39 is 5.54 Å². The minimum atomic E-state index is -0.641. The van der Waals surface area contributed by atoms with Crippen molar-refractivity contribution in [3.8, 4) is 5.75 Å². The molecule has 1 heterocycles. The lowest BCUT2D eigenvalue weighted by Crippen LogP contribution is -2.45. The highest BCUT2D eigenvalue weighted by atomic mass is 16.5. The van der Waals surface area contributed by atoms with Gasteiger partial charge in [-0.05, 0) is 35.6 Å². The summed E-state index contributed by atoms with van der Waals surface area (Å²) >= 11 is 0.